The highest BCUT2D eigenvalue weighted by atomic mass is 32.1. The number of carbonyl (C=O) groups excluding carboxylic acids is 1. The fraction of sp³-hybridized carbons (Fsp3) is 0.118. The second-order valence-corrected chi connectivity index (χ2v) is 7.03. The first-order chi connectivity index (χ1) is 11.7. The monoisotopic (exact) mass is 356 g/mol. The van der Waals surface area contributed by atoms with E-state index < -0.39 is 0 Å². The number of esters is 1. The van der Waals surface area contributed by atoms with Crippen LogP contribution in [-0.2, 0) is 22.6 Å². The minimum Gasteiger partial charge on any atom is -0.459 e. The molecule has 0 atom stereocenters. The summed E-state index contributed by atoms with van der Waals surface area (Å²) in [5.74, 6) is -0.327. The number of para-hydroxylation sites is 1. The normalized spacial score (nSPS) is 11.2. The van der Waals surface area contributed by atoms with Crippen molar-refractivity contribution in [1.29, 1.82) is 0 Å². The molecule has 0 spiro atoms. The van der Waals surface area contributed by atoms with E-state index in [0.717, 1.165) is 15.8 Å². The van der Waals surface area contributed by atoms with E-state index in [0.29, 0.717) is 10.7 Å². The van der Waals surface area contributed by atoms with E-state index in [2.05, 4.69) is 4.98 Å². The molecule has 4 rings (SSSR count). The maximum absolute atomic E-state index is 12.4. The van der Waals surface area contributed by atoms with Crippen LogP contribution >= 0.6 is 22.7 Å². The molecule has 0 fully saturated rings. The predicted octanol–water partition coefficient (Wildman–Crippen LogP) is 3.26. The molecule has 0 aliphatic rings. The van der Waals surface area contributed by atoms with Gasteiger partial charge in [0, 0.05) is 6.07 Å². The quantitative estimate of drug-likeness (QED) is 0.527. The summed E-state index contributed by atoms with van der Waals surface area (Å²) in [7, 11) is 0. The summed E-state index contributed by atoms with van der Waals surface area (Å²) in [6.45, 7) is 0.00293. The lowest BCUT2D eigenvalue weighted by atomic mass is 10.2. The van der Waals surface area contributed by atoms with Gasteiger partial charge < -0.3 is 4.74 Å². The number of nitrogens with zero attached hydrogens (tertiary/aromatic N) is 2. The van der Waals surface area contributed by atoms with Gasteiger partial charge >= 0.3 is 5.97 Å². The van der Waals surface area contributed by atoms with Crippen LogP contribution in [0.2, 0.25) is 0 Å². The molecule has 1 aromatic carbocycles. The molecule has 0 saturated carbocycles. The Morgan fingerprint density at radius 2 is 2.12 bits per heavy atom. The predicted molar refractivity (Wildman–Crippen MR) is 94.7 cm³/mol. The Balaban J connectivity index is 1.57. The van der Waals surface area contributed by atoms with Gasteiger partial charge in [0.15, 0.2) is 4.96 Å². The SMILES string of the molecule is O=C(Cc1ccsc1)OCc1cc(=O)n2c(n1)sc1ccccc12. The van der Waals surface area contributed by atoms with Crippen molar-refractivity contribution in [2.24, 2.45) is 0 Å². The maximum atomic E-state index is 12.4. The van der Waals surface area contributed by atoms with Crippen LogP contribution in [0.5, 0.6) is 0 Å². The fourth-order valence-corrected chi connectivity index (χ4v) is 4.18. The van der Waals surface area contributed by atoms with Gasteiger partial charge in [-0.05, 0) is 34.5 Å². The molecule has 3 heterocycles. The van der Waals surface area contributed by atoms with Gasteiger partial charge in [0.1, 0.15) is 6.61 Å². The van der Waals surface area contributed by atoms with Crippen molar-refractivity contribution in [3.8, 4) is 0 Å². The smallest absolute Gasteiger partial charge is 0.310 e. The lowest BCUT2D eigenvalue weighted by Crippen LogP contribution is -2.15. The zero-order valence-electron chi connectivity index (χ0n) is 12.5. The summed E-state index contributed by atoms with van der Waals surface area (Å²) in [4.78, 5) is 29.3. The summed E-state index contributed by atoms with van der Waals surface area (Å²) in [6, 6.07) is 11.0. The Labute approximate surface area is 144 Å². The largest absolute Gasteiger partial charge is 0.459 e. The molecule has 0 bridgehead atoms. The first kappa shape index (κ1) is 15.0. The second-order valence-electron chi connectivity index (χ2n) is 5.24. The number of fused-ring (bicyclic) bond motifs is 3. The molecule has 0 aliphatic carbocycles. The lowest BCUT2D eigenvalue weighted by molar-refractivity contribution is -0.144. The van der Waals surface area contributed by atoms with E-state index in [1.807, 2.05) is 41.1 Å². The van der Waals surface area contributed by atoms with E-state index in [1.54, 1.807) is 4.40 Å². The van der Waals surface area contributed by atoms with Crippen LogP contribution < -0.4 is 5.56 Å². The zero-order valence-corrected chi connectivity index (χ0v) is 14.1. The molecule has 4 aromatic rings. The Morgan fingerprint density at radius 3 is 2.96 bits per heavy atom. The lowest BCUT2D eigenvalue weighted by Gasteiger charge is -2.04. The zero-order chi connectivity index (χ0) is 16.5. The van der Waals surface area contributed by atoms with Crippen molar-refractivity contribution < 1.29 is 9.53 Å². The first-order valence-electron chi connectivity index (χ1n) is 7.27. The van der Waals surface area contributed by atoms with Crippen LogP contribution in [-0.4, -0.2) is 15.4 Å². The standard InChI is InChI=1S/C17H12N2O3S2/c20-15-8-12(9-22-16(21)7-11-5-6-23-10-11)18-17-19(15)13-3-1-2-4-14(13)24-17/h1-6,8,10H,7,9H2. The van der Waals surface area contributed by atoms with Crippen molar-refractivity contribution in [2.45, 2.75) is 13.0 Å². The average Bonchev–Trinajstić information content (AvgIpc) is 3.19. The van der Waals surface area contributed by atoms with E-state index >= 15 is 0 Å². The number of hydrogen-bond donors (Lipinski definition) is 0. The van der Waals surface area contributed by atoms with Crippen LogP contribution in [0.4, 0.5) is 0 Å². The molecular formula is C17H12N2O3S2. The van der Waals surface area contributed by atoms with Gasteiger partial charge in [0.2, 0.25) is 0 Å². The molecule has 7 heteroatoms. The number of ether oxygens (including phenoxy) is 1. The average molecular weight is 356 g/mol. The molecule has 5 nitrogen and oxygen atoms in total. The van der Waals surface area contributed by atoms with Gasteiger partial charge in [0.05, 0.1) is 22.3 Å². The van der Waals surface area contributed by atoms with Crippen LogP contribution in [0.25, 0.3) is 15.2 Å². The second kappa shape index (κ2) is 6.18. The number of carbonyl (C=O) groups is 1. The van der Waals surface area contributed by atoms with Crippen molar-refractivity contribution in [3.05, 3.63) is 68.8 Å². The summed E-state index contributed by atoms with van der Waals surface area (Å²) in [6.07, 6.45) is 0.230. The van der Waals surface area contributed by atoms with E-state index in [1.165, 1.54) is 28.7 Å². The summed E-state index contributed by atoms with van der Waals surface area (Å²) < 4.78 is 7.81. The van der Waals surface area contributed by atoms with Crippen LogP contribution in [0.15, 0.2) is 52.0 Å². The summed E-state index contributed by atoms with van der Waals surface area (Å²) in [5.41, 5.74) is 2.07. The van der Waals surface area contributed by atoms with Crippen LogP contribution in [0.1, 0.15) is 11.3 Å². The van der Waals surface area contributed by atoms with Gasteiger partial charge in [0.25, 0.3) is 5.56 Å². The molecule has 0 unspecified atom stereocenters. The molecule has 0 saturated heterocycles. The molecule has 0 aliphatic heterocycles. The third-order valence-corrected chi connectivity index (χ3v) is 5.31. The summed E-state index contributed by atoms with van der Waals surface area (Å²) in [5, 5.41) is 3.83. The first-order valence-corrected chi connectivity index (χ1v) is 9.03. The van der Waals surface area contributed by atoms with E-state index in [9.17, 15) is 9.59 Å². The van der Waals surface area contributed by atoms with Gasteiger partial charge in [-0.2, -0.15) is 11.3 Å². The number of hydrogen-bond acceptors (Lipinski definition) is 6. The van der Waals surface area contributed by atoms with Crippen molar-refractivity contribution >= 4 is 43.8 Å². The van der Waals surface area contributed by atoms with E-state index in [-0.39, 0.29) is 24.6 Å². The van der Waals surface area contributed by atoms with Gasteiger partial charge in [-0.3, -0.25) is 14.0 Å². The van der Waals surface area contributed by atoms with Crippen molar-refractivity contribution in [1.82, 2.24) is 9.38 Å². The van der Waals surface area contributed by atoms with Gasteiger partial charge in [-0.15, -0.1) is 0 Å². The summed E-state index contributed by atoms with van der Waals surface area (Å²) >= 11 is 2.98. The topological polar surface area (TPSA) is 60.7 Å². The molecule has 24 heavy (non-hydrogen) atoms. The Kier molecular flexibility index (Phi) is 3.87. The number of thiazole rings is 1. The number of rotatable bonds is 4. The van der Waals surface area contributed by atoms with Gasteiger partial charge in [-0.1, -0.05) is 23.5 Å². The molecule has 3 aromatic heterocycles. The highest BCUT2D eigenvalue weighted by Crippen LogP contribution is 2.23. The molecular weight excluding hydrogens is 344 g/mol. The molecule has 0 amide bonds. The number of aromatic nitrogens is 2. The minimum atomic E-state index is -0.327. The minimum absolute atomic E-state index is 0.00293. The molecule has 0 radical (unpaired) electrons. The fourth-order valence-electron chi connectivity index (χ4n) is 2.46. The van der Waals surface area contributed by atoms with E-state index in [4.69, 9.17) is 4.74 Å². The third-order valence-electron chi connectivity index (χ3n) is 3.56. The highest BCUT2D eigenvalue weighted by Gasteiger charge is 2.11. The molecule has 120 valence electrons. The number of benzene rings is 1. The Hall–Kier alpha value is -2.51. The molecule has 0 N–H and O–H groups in total. The number of thiophene rings is 1. The highest BCUT2D eigenvalue weighted by molar-refractivity contribution is 7.23. The van der Waals surface area contributed by atoms with Crippen molar-refractivity contribution in [2.75, 3.05) is 0 Å². The third kappa shape index (κ3) is 2.83. The Bertz CT molecular complexity index is 1080. The van der Waals surface area contributed by atoms with Crippen molar-refractivity contribution in [3.63, 3.8) is 0 Å². The maximum Gasteiger partial charge on any atom is 0.310 e. The Morgan fingerprint density at radius 1 is 1.25 bits per heavy atom. The van der Waals surface area contributed by atoms with Crippen LogP contribution in [0.3, 0.4) is 0 Å². The van der Waals surface area contributed by atoms with Gasteiger partial charge in [-0.25, -0.2) is 4.98 Å². The van der Waals surface area contributed by atoms with Crippen LogP contribution in [0, 0.1) is 0 Å².